The summed E-state index contributed by atoms with van der Waals surface area (Å²) >= 11 is 0. The zero-order valence-corrected chi connectivity index (χ0v) is 51.0. The van der Waals surface area contributed by atoms with Crippen LogP contribution < -0.4 is 0 Å². The number of carbonyl (C=O) groups is 3. The molecule has 0 aliphatic heterocycles. The van der Waals surface area contributed by atoms with Crippen LogP contribution in [0, 0.1) is 0 Å². The van der Waals surface area contributed by atoms with Crippen LogP contribution in [0.4, 0.5) is 0 Å². The van der Waals surface area contributed by atoms with Gasteiger partial charge in [0.15, 0.2) is 0 Å². The molecule has 476 valence electrons. The van der Waals surface area contributed by atoms with Gasteiger partial charge >= 0.3 is 25.7 Å². The minimum Gasteiger partial charge on any atom is -0.463 e. The third kappa shape index (κ3) is 53.1. The first kappa shape index (κ1) is 78.8. The Morgan fingerprint density at radius 2 is 0.627 bits per heavy atom. The molecule has 0 fully saturated rings. The van der Waals surface area contributed by atoms with Gasteiger partial charge < -0.3 is 29.5 Å². The fourth-order valence-electron chi connectivity index (χ4n) is 7.48. The van der Waals surface area contributed by atoms with E-state index >= 15 is 0 Å². The Labute approximate surface area is 496 Å². The number of allylic oxidation sites excluding steroid dienone is 12. The quantitative estimate of drug-likeness (QED) is 0.00483. The second-order valence-electron chi connectivity index (χ2n) is 20.0. The van der Waals surface area contributed by atoms with Crippen molar-refractivity contribution in [2.75, 3.05) is 39.6 Å². The van der Waals surface area contributed by atoms with Crippen LogP contribution in [0.3, 0.4) is 0 Å². The number of rotatable bonds is 57. The first-order valence-electron chi connectivity index (χ1n) is 30.2. The SMILES string of the molecule is CC/C=C/C=C/C(C/C=C/CCCCCCCC(=O)OC[C@H](O)COP(=O)(OC[C@@H](O)COC(=O)CCCCCCC/C=C/CC(/C=C/C=C/CC)OO)OC[C@@H](O)COC(=O)CCCCCCC/C=C/CC(/C=C/C=C/CC)OO)OO. The number of phosphoric acid groups is 1. The van der Waals surface area contributed by atoms with E-state index in [1.807, 2.05) is 93.7 Å². The van der Waals surface area contributed by atoms with E-state index in [1.54, 1.807) is 18.2 Å². The van der Waals surface area contributed by atoms with E-state index in [4.69, 9.17) is 43.6 Å². The van der Waals surface area contributed by atoms with Crippen LogP contribution in [0.1, 0.15) is 194 Å². The zero-order chi connectivity index (χ0) is 61.1. The molecule has 0 aliphatic rings. The first-order chi connectivity index (χ1) is 40.3. The topological polar surface area (TPSA) is 273 Å². The van der Waals surface area contributed by atoms with Gasteiger partial charge in [0, 0.05) is 19.3 Å². The Morgan fingerprint density at radius 3 is 0.892 bits per heavy atom. The molecule has 6 atom stereocenters. The number of carbonyl (C=O) groups excluding carboxylic acids is 3. The van der Waals surface area contributed by atoms with Crippen molar-refractivity contribution >= 4 is 25.7 Å². The van der Waals surface area contributed by atoms with Crippen molar-refractivity contribution in [2.45, 2.75) is 231 Å². The Kier molecular flexibility index (Phi) is 55.3. The number of phosphoric ester groups is 1. The minimum absolute atomic E-state index is 0.131. The predicted molar refractivity (Wildman–Crippen MR) is 323 cm³/mol. The maximum Gasteiger partial charge on any atom is 0.475 e. The summed E-state index contributed by atoms with van der Waals surface area (Å²) in [7, 11) is -4.65. The second-order valence-corrected chi connectivity index (χ2v) is 21.7. The fraction of sp³-hybridized carbons (Fsp3) is 0.667. The number of aliphatic hydroxyl groups excluding tert-OH is 3. The lowest BCUT2D eigenvalue weighted by atomic mass is 10.1. The van der Waals surface area contributed by atoms with E-state index < -0.39 is 102 Å². The molecule has 0 rings (SSSR count). The number of ether oxygens (including phenoxy) is 3. The third-order valence-corrected chi connectivity index (χ3v) is 13.7. The van der Waals surface area contributed by atoms with Gasteiger partial charge in [0.05, 0.1) is 19.8 Å². The second kappa shape index (κ2) is 58.2. The van der Waals surface area contributed by atoms with Crippen LogP contribution in [0.2, 0.25) is 0 Å². The molecule has 3 unspecified atom stereocenters. The molecule has 0 aromatic heterocycles. The van der Waals surface area contributed by atoms with E-state index in [0.717, 1.165) is 116 Å². The lowest BCUT2D eigenvalue weighted by molar-refractivity contribution is -0.264. The van der Waals surface area contributed by atoms with Crippen LogP contribution in [0.5, 0.6) is 0 Å². The zero-order valence-electron chi connectivity index (χ0n) is 50.1. The smallest absolute Gasteiger partial charge is 0.463 e. The lowest BCUT2D eigenvalue weighted by Gasteiger charge is -2.22. The van der Waals surface area contributed by atoms with Crippen LogP contribution in [0.15, 0.2) is 109 Å². The molecule has 0 amide bonds. The van der Waals surface area contributed by atoms with Crippen molar-refractivity contribution in [3.63, 3.8) is 0 Å². The Bertz CT molecular complexity index is 1690. The highest BCUT2D eigenvalue weighted by atomic mass is 31.2. The Hall–Kier alpha value is -4.18. The average molecular weight is 1200 g/mol. The molecule has 83 heavy (non-hydrogen) atoms. The molecule has 19 nitrogen and oxygen atoms in total. The molecule has 0 radical (unpaired) electrons. The lowest BCUT2D eigenvalue weighted by Crippen LogP contribution is -2.27. The summed E-state index contributed by atoms with van der Waals surface area (Å²) in [5.41, 5.74) is 0. The highest BCUT2D eigenvalue weighted by Gasteiger charge is 2.31. The fourth-order valence-corrected chi connectivity index (χ4v) is 8.77. The van der Waals surface area contributed by atoms with Gasteiger partial charge in [-0.1, -0.05) is 188 Å². The summed E-state index contributed by atoms with van der Waals surface area (Å²) in [6, 6.07) is 0. The number of aliphatic hydroxyl groups is 3. The average Bonchev–Trinajstić information content (AvgIpc) is 3.50. The van der Waals surface area contributed by atoms with Gasteiger partial charge in [-0.25, -0.2) is 19.2 Å². The number of hydrogen-bond donors (Lipinski definition) is 6. The van der Waals surface area contributed by atoms with Gasteiger partial charge in [-0.15, -0.1) is 0 Å². The van der Waals surface area contributed by atoms with Gasteiger partial charge in [0.1, 0.15) is 56.4 Å². The molecule has 0 saturated carbocycles. The van der Waals surface area contributed by atoms with E-state index in [1.165, 1.54) is 0 Å². The molecule has 6 N–H and O–H groups in total. The molecule has 0 aromatic rings. The third-order valence-electron chi connectivity index (χ3n) is 12.3. The maximum absolute atomic E-state index is 13.7. The Morgan fingerprint density at radius 1 is 0.361 bits per heavy atom. The Balaban J connectivity index is 4.92. The number of esters is 3. The molecular weight excluding hydrogens is 1090 g/mol. The largest absolute Gasteiger partial charge is 0.475 e. The van der Waals surface area contributed by atoms with E-state index in [-0.39, 0.29) is 19.3 Å². The molecule has 0 saturated heterocycles. The van der Waals surface area contributed by atoms with Gasteiger partial charge in [0.2, 0.25) is 0 Å². The molecule has 0 spiro atoms. The molecule has 0 bridgehead atoms. The van der Waals surface area contributed by atoms with Crippen molar-refractivity contribution in [1.82, 2.24) is 0 Å². The van der Waals surface area contributed by atoms with Crippen LogP contribution in [-0.4, -0.2) is 125 Å². The molecular formula is C63H105O19P. The van der Waals surface area contributed by atoms with Crippen molar-refractivity contribution in [1.29, 1.82) is 0 Å². The molecule has 0 aromatic carbocycles. The summed E-state index contributed by atoms with van der Waals surface area (Å²) in [5.74, 6) is -1.61. The van der Waals surface area contributed by atoms with E-state index in [9.17, 15) is 34.3 Å². The number of unbranched alkanes of at least 4 members (excludes halogenated alkanes) is 15. The predicted octanol–water partition coefficient (Wildman–Crippen LogP) is 14.0. The summed E-state index contributed by atoms with van der Waals surface area (Å²) in [6.07, 6.45) is 49.4. The van der Waals surface area contributed by atoms with Gasteiger partial charge in [-0.05, 0) is 96.3 Å². The van der Waals surface area contributed by atoms with E-state index in [2.05, 4.69) is 32.9 Å². The maximum atomic E-state index is 13.7. The standard InChI is InChI=1S/C63H105O19P/c1-4-7-10-31-40-58(80-70)43-34-25-19-13-16-22-28-37-46-61(67)74-49-55(64)52-77-83(73,78-53-56(65)50-75-62(68)47-38-29-23-17-14-20-26-35-44-59(81-71)41-32-11-8-5-2)79-54-57(66)51-76-63(69)48-39-30-24-18-15-21-27-36-45-60(82-72)42-33-12-9-6-3/h7-12,25-27,31-36,40-42,55-60,64-66,70-72H,4-6,13-24,28-30,37-39,43-54H2,1-3H3/b10-7+,11-8+,12-9+,34-25+,35-26+,36-27+,40-31+,41-32+,42-33+/t55-,56-,57-,58?,59?,60?,83?/m0/s1. The summed E-state index contributed by atoms with van der Waals surface area (Å²) in [5, 5.41) is 59.0. The molecule has 0 heterocycles. The first-order valence-corrected chi connectivity index (χ1v) is 31.7. The van der Waals surface area contributed by atoms with Gasteiger partial charge in [-0.2, -0.15) is 0 Å². The van der Waals surface area contributed by atoms with Crippen LogP contribution in [0.25, 0.3) is 0 Å². The summed E-state index contributed by atoms with van der Waals surface area (Å²) in [6.45, 7) is 2.61. The van der Waals surface area contributed by atoms with Crippen molar-refractivity contribution < 1.29 is 92.5 Å². The van der Waals surface area contributed by atoms with Crippen molar-refractivity contribution in [3.05, 3.63) is 109 Å². The summed E-state index contributed by atoms with van der Waals surface area (Å²) < 4.78 is 45.3. The van der Waals surface area contributed by atoms with Crippen molar-refractivity contribution in [3.8, 4) is 0 Å². The highest BCUT2D eigenvalue weighted by Crippen LogP contribution is 2.49. The number of hydrogen-bond acceptors (Lipinski definition) is 19. The normalized spacial score (nSPS) is 15.5. The highest BCUT2D eigenvalue weighted by molar-refractivity contribution is 7.48. The monoisotopic (exact) mass is 1200 g/mol. The van der Waals surface area contributed by atoms with E-state index in [0.29, 0.717) is 38.5 Å². The van der Waals surface area contributed by atoms with Gasteiger partial charge in [0.25, 0.3) is 0 Å². The van der Waals surface area contributed by atoms with Crippen LogP contribution in [-0.2, 0) is 61.4 Å². The molecule has 0 aliphatic carbocycles. The molecule has 20 heteroatoms. The van der Waals surface area contributed by atoms with Gasteiger partial charge in [-0.3, -0.25) is 43.7 Å². The van der Waals surface area contributed by atoms with Crippen molar-refractivity contribution in [2.24, 2.45) is 0 Å². The minimum atomic E-state index is -4.65. The van der Waals surface area contributed by atoms with Crippen LogP contribution >= 0.6 is 7.82 Å². The summed E-state index contributed by atoms with van der Waals surface area (Å²) in [4.78, 5) is 50.8.